The van der Waals surface area contributed by atoms with Gasteiger partial charge in [0.1, 0.15) is 5.69 Å². The molecule has 0 radical (unpaired) electrons. The zero-order valence-electron chi connectivity index (χ0n) is 17.0. The molecule has 4 rings (SSSR count). The lowest BCUT2D eigenvalue weighted by molar-refractivity contribution is 0.227. The van der Waals surface area contributed by atoms with Gasteiger partial charge in [0, 0.05) is 30.9 Å². The number of aromatic nitrogens is 6. The summed E-state index contributed by atoms with van der Waals surface area (Å²) in [7, 11) is -3.68. The van der Waals surface area contributed by atoms with Gasteiger partial charge in [0.2, 0.25) is 11.8 Å². The Morgan fingerprint density at radius 3 is 2.80 bits per heavy atom. The molecule has 0 spiro atoms. The predicted molar refractivity (Wildman–Crippen MR) is 110 cm³/mol. The van der Waals surface area contributed by atoms with Gasteiger partial charge in [-0.15, -0.1) is 5.10 Å². The normalized spacial score (nSPS) is 20.7. The highest BCUT2D eigenvalue weighted by molar-refractivity contribution is 7.86. The number of aromatic amines is 1. The first-order chi connectivity index (χ1) is 14.2. The molecule has 0 amide bonds. The molecule has 13 heteroatoms. The van der Waals surface area contributed by atoms with Gasteiger partial charge in [0.25, 0.3) is 10.2 Å². The topological polar surface area (TPSA) is 156 Å². The van der Waals surface area contributed by atoms with Gasteiger partial charge in [-0.1, -0.05) is 6.92 Å². The molecule has 3 aromatic rings. The fourth-order valence-corrected chi connectivity index (χ4v) is 4.33. The Kier molecular flexibility index (Phi) is 5.34. The van der Waals surface area contributed by atoms with Gasteiger partial charge in [-0.2, -0.15) is 27.3 Å². The molecule has 3 aromatic heterocycles. The molecule has 0 aliphatic carbocycles. The SMILES string of the molecule is CC(C)Oc1c(-c2cn[nH]c2)ncc2nc(NC3CCN(S(N)(=O)=O)CC3C)nn12. The van der Waals surface area contributed by atoms with E-state index in [0.717, 1.165) is 5.56 Å². The van der Waals surface area contributed by atoms with Gasteiger partial charge in [-0.3, -0.25) is 5.10 Å². The third-order valence-corrected chi connectivity index (χ3v) is 6.05. The lowest BCUT2D eigenvalue weighted by Gasteiger charge is -2.35. The minimum Gasteiger partial charge on any atom is -0.473 e. The van der Waals surface area contributed by atoms with E-state index in [0.29, 0.717) is 42.7 Å². The fraction of sp³-hybridized carbons (Fsp3) is 0.529. The summed E-state index contributed by atoms with van der Waals surface area (Å²) in [5, 5.41) is 19.9. The third kappa shape index (κ3) is 4.08. The van der Waals surface area contributed by atoms with E-state index in [1.807, 2.05) is 20.8 Å². The number of piperidine rings is 1. The number of hydrogen-bond acceptors (Lipinski definition) is 8. The van der Waals surface area contributed by atoms with E-state index in [4.69, 9.17) is 9.88 Å². The lowest BCUT2D eigenvalue weighted by Crippen LogP contribution is -2.49. The maximum Gasteiger partial charge on any atom is 0.276 e. The zero-order chi connectivity index (χ0) is 21.5. The molecule has 4 N–H and O–H groups in total. The number of nitrogens with one attached hydrogen (secondary N) is 2. The summed E-state index contributed by atoms with van der Waals surface area (Å²) >= 11 is 0. The summed E-state index contributed by atoms with van der Waals surface area (Å²) in [5.41, 5.74) is 1.92. The van der Waals surface area contributed by atoms with E-state index in [2.05, 4.69) is 30.6 Å². The first kappa shape index (κ1) is 20.5. The van der Waals surface area contributed by atoms with E-state index >= 15 is 0 Å². The minimum absolute atomic E-state index is 0.0104. The van der Waals surface area contributed by atoms with Crippen molar-refractivity contribution in [1.29, 1.82) is 0 Å². The van der Waals surface area contributed by atoms with Crippen molar-refractivity contribution in [2.75, 3.05) is 18.4 Å². The van der Waals surface area contributed by atoms with Crippen LogP contribution in [0.4, 0.5) is 5.95 Å². The maximum atomic E-state index is 11.6. The zero-order valence-corrected chi connectivity index (χ0v) is 17.8. The Morgan fingerprint density at radius 2 is 2.17 bits per heavy atom. The highest BCUT2D eigenvalue weighted by Gasteiger charge is 2.31. The van der Waals surface area contributed by atoms with Gasteiger partial charge in [0.15, 0.2) is 5.65 Å². The molecule has 4 heterocycles. The average molecular weight is 436 g/mol. The number of ether oxygens (including phenoxy) is 1. The Balaban J connectivity index is 1.62. The smallest absolute Gasteiger partial charge is 0.276 e. The highest BCUT2D eigenvalue weighted by atomic mass is 32.2. The van der Waals surface area contributed by atoms with Crippen LogP contribution in [-0.2, 0) is 10.2 Å². The van der Waals surface area contributed by atoms with Crippen LogP contribution in [0.1, 0.15) is 27.2 Å². The molecule has 2 unspecified atom stereocenters. The Bertz CT molecular complexity index is 1130. The second-order valence-electron chi connectivity index (χ2n) is 7.69. The van der Waals surface area contributed by atoms with Gasteiger partial charge in [-0.05, 0) is 26.2 Å². The lowest BCUT2D eigenvalue weighted by atomic mass is 9.95. The number of anilines is 1. The molecule has 0 aromatic carbocycles. The highest BCUT2D eigenvalue weighted by Crippen LogP contribution is 2.29. The molecule has 1 saturated heterocycles. The fourth-order valence-electron chi connectivity index (χ4n) is 3.52. The van der Waals surface area contributed by atoms with E-state index < -0.39 is 10.2 Å². The second kappa shape index (κ2) is 7.81. The van der Waals surface area contributed by atoms with Crippen LogP contribution in [0.2, 0.25) is 0 Å². The molecule has 12 nitrogen and oxygen atoms in total. The van der Waals surface area contributed by atoms with Crippen molar-refractivity contribution in [3.05, 3.63) is 18.6 Å². The largest absolute Gasteiger partial charge is 0.473 e. The average Bonchev–Trinajstić information content (AvgIpc) is 3.32. The molecule has 0 bridgehead atoms. The Labute approximate surface area is 174 Å². The van der Waals surface area contributed by atoms with E-state index in [-0.39, 0.29) is 18.1 Å². The number of H-pyrrole nitrogens is 1. The summed E-state index contributed by atoms with van der Waals surface area (Å²) in [6.45, 7) is 6.51. The van der Waals surface area contributed by atoms with Crippen molar-refractivity contribution in [1.82, 2.24) is 34.1 Å². The van der Waals surface area contributed by atoms with Gasteiger partial charge >= 0.3 is 0 Å². The Morgan fingerprint density at radius 1 is 1.37 bits per heavy atom. The number of fused-ring (bicyclic) bond motifs is 1. The number of nitrogens with two attached hydrogens (primary N) is 1. The second-order valence-corrected chi connectivity index (χ2v) is 9.24. The first-order valence-electron chi connectivity index (χ1n) is 9.68. The van der Waals surface area contributed by atoms with Crippen LogP contribution >= 0.6 is 0 Å². The van der Waals surface area contributed by atoms with E-state index in [9.17, 15) is 8.42 Å². The summed E-state index contributed by atoms with van der Waals surface area (Å²) in [6, 6.07) is 0.0104. The Hall–Kier alpha value is -2.77. The molecular formula is C17H25N9O3S. The summed E-state index contributed by atoms with van der Waals surface area (Å²) < 4.78 is 32.1. The first-order valence-corrected chi connectivity index (χ1v) is 11.2. The van der Waals surface area contributed by atoms with E-state index in [1.54, 1.807) is 23.1 Å². The van der Waals surface area contributed by atoms with Crippen LogP contribution in [-0.4, -0.2) is 67.7 Å². The summed E-state index contributed by atoms with van der Waals surface area (Å²) in [6.07, 6.45) is 5.53. The van der Waals surface area contributed by atoms with Crippen molar-refractivity contribution >= 4 is 21.8 Å². The molecule has 2 atom stereocenters. The third-order valence-electron chi connectivity index (χ3n) is 5.00. The standard InChI is InChI=1S/C17H25N9O3S/c1-10(2)29-16-15(12-6-20-21-7-12)19-8-14-23-17(24-26(14)16)22-13-4-5-25(9-11(13)3)30(18,27)28/h6-8,10-11,13H,4-5,9H2,1-3H3,(H,20,21)(H,22,24)(H2,18,27,28). The van der Waals surface area contributed by atoms with Crippen LogP contribution in [0.5, 0.6) is 5.88 Å². The molecule has 1 fully saturated rings. The maximum absolute atomic E-state index is 11.6. The van der Waals surface area contributed by atoms with Crippen molar-refractivity contribution in [2.45, 2.75) is 39.3 Å². The summed E-state index contributed by atoms with van der Waals surface area (Å²) in [5.74, 6) is 0.937. The summed E-state index contributed by atoms with van der Waals surface area (Å²) in [4.78, 5) is 9.01. The van der Waals surface area contributed by atoms with Crippen LogP contribution in [0.3, 0.4) is 0 Å². The van der Waals surface area contributed by atoms with Crippen LogP contribution in [0.25, 0.3) is 16.9 Å². The molecule has 162 valence electrons. The minimum atomic E-state index is -3.68. The van der Waals surface area contributed by atoms with Crippen LogP contribution in [0, 0.1) is 5.92 Å². The number of rotatable bonds is 6. The monoisotopic (exact) mass is 435 g/mol. The quantitative estimate of drug-likeness (QED) is 0.509. The number of nitrogens with zero attached hydrogens (tertiary/aromatic N) is 6. The van der Waals surface area contributed by atoms with Gasteiger partial charge in [0.05, 0.1) is 18.5 Å². The van der Waals surface area contributed by atoms with Crippen molar-refractivity contribution < 1.29 is 13.2 Å². The van der Waals surface area contributed by atoms with Gasteiger partial charge < -0.3 is 10.1 Å². The predicted octanol–water partition coefficient (Wildman–Crippen LogP) is 0.627. The van der Waals surface area contributed by atoms with Crippen LogP contribution < -0.4 is 15.2 Å². The number of hydrogen-bond donors (Lipinski definition) is 3. The molecule has 1 aliphatic rings. The van der Waals surface area contributed by atoms with Crippen molar-refractivity contribution in [2.24, 2.45) is 11.1 Å². The molecule has 1 aliphatic heterocycles. The molecular weight excluding hydrogens is 410 g/mol. The molecule has 0 saturated carbocycles. The van der Waals surface area contributed by atoms with E-state index in [1.165, 1.54) is 4.31 Å². The van der Waals surface area contributed by atoms with Gasteiger partial charge in [-0.25, -0.2) is 10.1 Å². The van der Waals surface area contributed by atoms with Crippen molar-refractivity contribution in [3.8, 4) is 17.1 Å². The van der Waals surface area contributed by atoms with Crippen molar-refractivity contribution in [3.63, 3.8) is 0 Å². The molecule has 30 heavy (non-hydrogen) atoms. The van der Waals surface area contributed by atoms with Crippen LogP contribution in [0.15, 0.2) is 18.6 Å².